The maximum atomic E-state index is 12.6. The minimum Gasteiger partial charge on any atom is -0.456 e. The van der Waals surface area contributed by atoms with Crippen molar-refractivity contribution in [2.24, 2.45) is 0 Å². The Morgan fingerprint density at radius 1 is 1.10 bits per heavy atom. The van der Waals surface area contributed by atoms with Crippen molar-refractivity contribution in [1.82, 2.24) is 14.3 Å². The number of rotatable bonds is 9. The number of carbonyl (C=O) groups is 2. The number of hydrogen-bond acceptors (Lipinski definition) is 8. The molecule has 1 saturated heterocycles. The Bertz CT molecular complexity index is 978. The number of aromatic nitrogens is 2. The molecule has 0 radical (unpaired) electrons. The van der Waals surface area contributed by atoms with Crippen molar-refractivity contribution in [3.63, 3.8) is 0 Å². The molecule has 1 aliphatic rings. The third-order valence-electron chi connectivity index (χ3n) is 4.36. The standard InChI is InChI=1S/C19H23N5O5S/c25-17(14-29-18(26)7-10-22-19-20-8-4-9-21-19)23-15-5-3-6-16(13-15)30(27,28)24-11-1-2-12-24/h3-6,8-9,13H,1-2,7,10-12,14H2,(H,23,25)(H,20,21,22). The molecule has 1 aromatic carbocycles. The first-order valence-electron chi connectivity index (χ1n) is 9.52. The quantitative estimate of drug-likeness (QED) is 0.565. The molecule has 0 bridgehead atoms. The van der Waals surface area contributed by atoms with Crippen LogP contribution in [0, 0.1) is 0 Å². The molecule has 30 heavy (non-hydrogen) atoms. The molecule has 1 aromatic heterocycles. The Kier molecular flexibility index (Phi) is 7.31. The third-order valence-corrected chi connectivity index (χ3v) is 6.26. The maximum Gasteiger partial charge on any atom is 0.308 e. The number of esters is 1. The number of anilines is 2. The minimum atomic E-state index is -3.58. The lowest BCUT2D eigenvalue weighted by atomic mass is 10.3. The summed E-state index contributed by atoms with van der Waals surface area (Å²) in [5.74, 6) is -0.718. The van der Waals surface area contributed by atoms with E-state index in [0.717, 1.165) is 12.8 Å². The van der Waals surface area contributed by atoms with Crippen molar-refractivity contribution in [2.45, 2.75) is 24.2 Å². The second-order valence-electron chi connectivity index (χ2n) is 6.60. The van der Waals surface area contributed by atoms with E-state index in [2.05, 4.69) is 20.6 Å². The molecular weight excluding hydrogens is 410 g/mol. The fourth-order valence-electron chi connectivity index (χ4n) is 2.89. The van der Waals surface area contributed by atoms with E-state index in [1.165, 1.54) is 16.4 Å². The van der Waals surface area contributed by atoms with Gasteiger partial charge in [-0.3, -0.25) is 9.59 Å². The number of ether oxygens (including phenoxy) is 1. The topological polar surface area (TPSA) is 131 Å². The summed E-state index contributed by atoms with van der Waals surface area (Å²) in [6.07, 6.45) is 4.87. The van der Waals surface area contributed by atoms with Crippen LogP contribution in [0.4, 0.5) is 11.6 Å². The lowest BCUT2D eigenvalue weighted by molar-refractivity contribution is -0.147. The lowest BCUT2D eigenvalue weighted by Crippen LogP contribution is -2.28. The van der Waals surface area contributed by atoms with E-state index in [1.54, 1.807) is 30.6 Å². The fraction of sp³-hybridized carbons (Fsp3) is 0.368. The molecule has 11 heteroatoms. The first-order valence-corrected chi connectivity index (χ1v) is 11.0. The van der Waals surface area contributed by atoms with Gasteiger partial charge in [0.2, 0.25) is 16.0 Å². The number of amides is 1. The van der Waals surface area contributed by atoms with Crippen LogP contribution < -0.4 is 10.6 Å². The van der Waals surface area contributed by atoms with Crippen molar-refractivity contribution in [3.8, 4) is 0 Å². The first-order chi connectivity index (χ1) is 14.4. The van der Waals surface area contributed by atoms with Gasteiger partial charge in [0.25, 0.3) is 5.91 Å². The summed E-state index contributed by atoms with van der Waals surface area (Å²) in [7, 11) is -3.58. The fourth-order valence-corrected chi connectivity index (χ4v) is 4.46. The normalized spacial score (nSPS) is 14.3. The van der Waals surface area contributed by atoms with Crippen LogP contribution in [0.3, 0.4) is 0 Å². The van der Waals surface area contributed by atoms with E-state index in [-0.39, 0.29) is 17.9 Å². The van der Waals surface area contributed by atoms with Gasteiger partial charge in [0.1, 0.15) is 0 Å². The smallest absolute Gasteiger partial charge is 0.308 e. The molecular formula is C19H23N5O5S. The van der Waals surface area contributed by atoms with Crippen molar-refractivity contribution >= 4 is 33.5 Å². The zero-order valence-corrected chi connectivity index (χ0v) is 17.1. The third kappa shape index (κ3) is 5.97. The predicted molar refractivity (Wildman–Crippen MR) is 109 cm³/mol. The molecule has 2 heterocycles. The van der Waals surface area contributed by atoms with E-state index in [0.29, 0.717) is 24.7 Å². The number of nitrogens with zero attached hydrogens (tertiary/aromatic N) is 3. The molecule has 0 atom stereocenters. The predicted octanol–water partition coefficient (Wildman–Crippen LogP) is 1.24. The molecule has 3 rings (SSSR count). The molecule has 1 fully saturated rings. The van der Waals surface area contributed by atoms with Gasteiger partial charge in [-0.1, -0.05) is 6.07 Å². The van der Waals surface area contributed by atoms with Crippen LogP contribution in [-0.2, 0) is 24.3 Å². The van der Waals surface area contributed by atoms with Crippen LogP contribution >= 0.6 is 0 Å². The van der Waals surface area contributed by atoms with Gasteiger partial charge in [0, 0.05) is 37.7 Å². The summed E-state index contributed by atoms with van der Waals surface area (Å²) < 4.78 is 31.6. The SMILES string of the molecule is O=C(COC(=O)CCNc1ncccn1)Nc1cccc(S(=O)(=O)N2CCCC2)c1. The maximum absolute atomic E-state index is 12.6. The largest absolute Gasteiger partial charge is 0.456 e. The highest BCUT2D eigenvalue weighted by molar-refractivity contribution is 7.89. The number of nitrogens with one attached hydrogen (secondary N) is 2. The summed E-state index contributed by atoms with van der Waals surface area (Å²) in [5, 5.41) is 5.41. The molecule has 1 aliphatic heterocycles. The Balaban J connectivity index is 1.45. The zero-order valence-electron chi connectivity index (χ0n) is 16.3. The zero-order chi connectivity index (χ0) is 21.4. The Morgan fingerprint density at radius 3 is 2.57 bits per heavy atom. The molecule has 2 aromatic rings. The summed E-state index contributed by atoms with van der Waals surface area (Å²) in [4.78, 5) is 31.8. The van der Waals surface area contributed by atoms with Crippen LogP contribution in [0.15, 0.2) is 47.6 Å². The Labute approximate surface area is 174 Å². The average molecular weight is 433 g/mol. The molecule has 0 aliphatic carbocycles. The van der Waals surface area contributed by atoms with Crippen molar-refractivity contribution in [1.29, 1.82) is 0 Å². The van der Waals surface area contributed by atoms with Crippen molar-refractivity contribution in [2.75, 3.05) is 36.9 Å². The molecule has 10 nitrogen and oxygen atoms in total. The average Bonchev–Trinajstić information content (AvgIpc) is 3.29. The van der Waals surface area contributed by atoms with Gasteiger partial charge in [-0.25, -0.2) is 18.4 Å². The molecule has 160 valence electrons. The number of carbonyl (C=O) groups excluding carboxylic acids is 2. The summed E-state index contributed by atoms with van der Waals surface area (Å²) >= 11 is 0. The highest BCUT2D eigenvalue weighted by Gasteiger charge is 2.27. The van der Waals surface area contributed by atoms with Gasteiger partial charge in [0.15, 0.2) is 6.61 Å². The van der Waals surface area contributed by atoms with Crippen LogP contribution in [0.25, 0.3) is 0 Å². The Morgan fingerprint density at radius 2 is 1.83 bits per heavy atom. The van der Waals surface area contributed by atoms with Gasteiger partial charge in [-0.05, 0) is 37.1 Å². The van der Waals surface area contributed by atoms with Gasteiger partial charge >= 0.3 is 5.97 Å². The van der Waals surface area contributed by atoms with Gasteiger partial charge < -0.3 is 15.4 Å². The van der Waals surface area contributed by atoms with Gasteiger partial charge in [-0.15, -0.1) is 0 Å². The second kappa shape index (κ2) is 10.1. The Hall–Kier alpha value is -3.05. The van der Waals surface area contributed by atoms with Gasteiger partial charge in [0.05, 0.1) is 11.3 Å². The minimum absolute atomic E-state index is 0.0368. The molecule has 0 spiro atoms. The lowest BCUT2D eigenvalue weighted by Gasteiger charge is -2.16. The molecule has 0 unspecified atom stereocenters. The number of benzene rings is 1. The van der Waals surface area contributed by atoms with Gasteiger partial charge in [-0.2, -0.15) is 4.31 Å². The van der Waals surface area contributed by atoms with E-state index in [1.807, 2.05) is 0 Å². The molecule has 0 saturated carbocycles. The highest BCUT2D eigenvalue weighted by atomic mass is 32.2. The van der Waals surface area contributed by atoms with Crippen molar-refractivity contribution in [3.05, 3.63) is 42.7 Å². The summed E-state index contributed by atoms with van der Waals surface area (Å²) in [6, 6.07) is 7.70. The van der Waals surface area contributed by atoms with Crippen LogP contribution in [0.1, 0.15) is 19.3 Å². The van der Waals surface area contributed by atoms with E-state index >= 15 is 0 Å². The highest BCUT2D eigenvalue weighted by Crippen LogP contribution is 2.23. The van der Waals surface area contributed by atoms with E-state index in [4.69, 9.17) is 4.74 Å². The second-order valence-corrected chi connectivity index (χ2v) is 8.53. The summed E-state index contributed by atoms with van der Waals surface area (Å²) in [6.45, 7) is 0.797. The summed E-state index contributed by atoms with van der Waals surface area (Å²) in [5.41, 5.74) is 0.319. The monoisotopic (exact) mass is 433 g/mol. The van der Waals surface area contributed by atoms with Crippen LogP contribution in [-0.4, -0.2) is 60.8 Å². The van der Waals surface area contributed by atoms with Crippen LogP contribution in [0.2, 0.25) is 0 Å². The molecule has 2 N–H and O–H groups in total. The van der Waals surface area contributed by atoms with Crippen molar-refractivity contribution < 1.29 is 22.7 Å². The first kappa shape index (κ1) is 21.7. The molecule has 1 amide bonds. The number of sulfonamides is 1. The van der Waals surface area contributed by atoms with E-state index in [9.17, 15) is 18.0 Å². The number of hydrogen-bond donors (Lipinski definition) is 2. The van der Waals surface area contributed by atoms with Crippen LogP contribution in [0.5, 0.6) is 0 Å². The van der Waals surface area contributed by atoms with E-state index < -0.39 is 28.5 Å².